The summed E-state index contributed by atoms with van der Waals surface area (Å²) in [6.45, 7) is 0. The third kappa shape index (κ3) is 4.60. The van der Waals surface area contributed by atoms with Gasteiger partial charge in [-0.05, 0) is 0 Å². The first-order valence-corrected chi connectivity index (χ1v) is 2.83. The van der Waals surface area contributed by atoms with E-state index in [4.69, 9.17) is 5.11 Å². The van der Waals surface area contributed by atoms with E-state index in [1.54, 1.807) is 0 Å². The monoisotopic (exact) mass is 171 g/mol. The number of aliphatic hydroxyl groups excluding tert-OH is 1. The van der Waals surface area contributed by atoms with Crippen molar-refractivity contribution >= 4 is 5.91 Å². The number of carbonyl (C=O) groups excluding carboxylic acids is 1. The van der Waals surface area contributed by atoms with Crippen LogP contribution >= 0.6 is 0 Å². The summed E-state index contributed by atoms with van der Waals surface area (Å²) in [4.78, 5) is 10.3. The van der Waals surface area contributed by atoms with Gasteiger partial charge in [-0.25, -0.2) is 0 Å². The van der Waals surface area contributed by atoms with Crippen molar-refractivity contribution in [3.05, 3.63) is 0 Å². The van der Waals surface area contributed by atoms with E-state index in [9.17, 15) is 18.0 Å². The lowest BCUT2D eigenvalue weighted by molar-refractivity contribution is -0.163. The smallest absolute Gasteiger partial charge is 0.383 e. The maximum Gasteiger partial charge on any atom is 0.392 e. The highest BCUT2D eigenvalue weighted by Crippen LogP contribution is 2.21. The number of halogens is 3. The summed E-state index contributed by atoms with van der Waals surface area (Å²) in [6.07, 6.45) is -8.02. The maximum absolute atomic E-state index is 11.5. The molecule has 3 nitrogen and oxygen atoms in total. The van der Waals surface area contributed by atoms with Gasteiger partial charge in [0.15, 0.2) is 0 Å². The number of amides is 1. The van der Waals surface area contributed by atoms with Gasteiger partial charge in [-0.1, -0.05) is 0 Å². The first-order chi connectivity index (χ1) is 4.87. The van der Waals surface area contributed by atoms with Gasteiger partial charge in [-0.2, -0.15) is 13.2 Å². The number of carbonyl (C=O) groups is 1. The molecule has 1 atom stereocenters. The largest absolute Gasteiger partial charge is 0.392 e. The lowest BCUT2D eigenvalue weighted by Crippen LogP contribution is -2.35. The van der Waals surface area contributed by atoms with Crippen LogP contribution in [-0.2, 0) is 4.79 Å². The zero-order valence-corrected chi connectivity index (χ0v) is 5.77. The Morgan fingerprint density at radius 1 is 1.64 bits per heavy atom. The van der Waals surface area contributed by atoms with Gasteiger partial charge in [0.2, 0.25) is 5.91 Å². The van der Waals surface area contributed by atoms with Crippen LogP contribution in [0.4, 0.5) is 13.2 Å². The Kier molecular flexibility index (Phi) is 3.31. The Balaban J connectivity index is 3.87. The molecule has 2 N–H and O–H groups in total. The molecule has 0 aromatic rings. The second-order valence-electron chi connectivity index (χ2n) is 1.95. The summed E-state index contributed by atoms with van der Waals surface area (Å²) in [5.41, 5.74) is 0. The molecule has 6 heteroatoms. The maximum atomic E-state index is 11.5. The minimum atomic E-state index is -4.51. The van der Waals surface area contributed by atoms with Gasteiger partial charge in [0.1, 0.15) is 6.10 Å². The fourth-order valence-corrected chi connectivity index (χ4v) is 0.479. The Labute approximate surface area is 61.2 Å². The average Bonchev–Trinajstić information content (AvgIpc) is 1.82. The number of hydrogen-bond acceptors (Lipinski definition) is 2. The van der Waals surface area contributed by atoms with Crippen molar-refractivity contribution in [1.82, 2.24) is 5.32 Å². The third-order valence-electron chi connectivity index (χ3n) is 0.974. The van der Waals surface area contributed by atoms with Crippen LogP contribution in [0.25, 0.3) is 0 Å². The summed E-state index contributed by atoms with van der Waals surface area (Å²) in [5, 5.41) is 10.4. The minimum absolute atomic E-state index is 1.03. The van der Waals surface area contributed by atoms with Crippen LogP contribution in [0.3, 0.4) is 0 Å². The van der Waals surface area contributed by atoms with Crippen molar-refractivity contribution in [1.29, 1.82) is 0 Å². The van der Waals surface area contributed by atoms with E-state index >= 15 is 0 Å². The van der Waals surface area contributed by atoms with Crippen molar-refractivity contribution in [2.24, 2.45) is 0 Å². The second kappa shape index (κ2) is 3.56. The molecule has 0 fully saturated rings. The number of rotatable bonds is 2. The molecular formula is C5H8F3NO2. The van der Waals surface area contributed by atoms with Crippen LogP contribution in [0.15, 0.2) is 0 Å². The topological polar surface area (TPSA) is 49.3 Å². The van der Waals surface area contributed by atoms with Crippen molar-refractivity contribution in [2.75, 3.05) is 7.05 Å². The first kappa shape index (κ1) is 10.2. The molecule has 0 radical (unpaired) electrons. The van der Waals surface area contributed by atoms with Crippen molar-refractivity contribution in [3.63, 3.8) is 0 Å². The van der Waals surface area contributed by atoms with E-state index < -0.39 is 24.6 Å². The summed E-state index contributed by atoms with van der Waals surface area (Å²) in [6, 6.07) is 0. The molecule has 0 bridgehead atoms. The van der Waals surface area contributed by atoms with Gasteiger partial charge in [0.25, 0.3) is 0 Å². The quantitative estimate of drug-likeness (QED) is 0.616. The average molecular weight is 171 g/mol. The van der Waals surface area contributed by atoms with Crippen LogP contribution in [-0.4, -0.2) is 30.3 Å². The summed E-state index contributed by atoms with van der Waals surface area (Å²) < 4.78 is 34.4. The number of likely N-dealkylation sites (N-methyl/N-ethyl adjacent to an activating group) is 1. The van der Waals surface area contributed by atoms with Crippen LogP contribution in [0.5, 0.6) is 0 Å². The van der Waals surface area contributed by atoms with E-state index in [2.05, 4.69) is 0 Å². The second-order valence-corrected chi connectivity index (χ2v) is 1.95. The number of nitrogens with one attached hydrogen (secondary N) is 1. The molecule has 0 rings (SSSR count). The molecule has 0 saturated heterocycles. The summed E-state index contributed by atoms with van der Waals surface area (Å²) >= 11 is 0. The number of aliphatic hydroxyl groups is 1. The Hall–Kier alpha value is -0.780. The SMILES string of the molecule is CNC(=O)C(O)CC(F)(F)F. The molecule has 0 spiro atoms. The first-order valence-electron chi connectivity index (χ1n) is 2.83. The van der Waals surface area contributed by atoms with E-state index in [1.165, 1.54) is 0 Å². The Bertz CT molecular complexity index is 145. The van der Waals surface area contributed by atoms with E-state index in [0.717, 1.165) is 7.05 Å². The fourth-order valence-electron chi connectivity index (χ4n) is 0.479. The summed E-state index contributed by atoms with van der Waals surface area (Å²) in [7, 11) is 1.15. The van der Waals surface area contributed by atoms with Gasteiger partial charge in [0.05, 0.1) is 6.42 Å². The molecule has 0 aromatic heterocycles. The molecule has 0 heterocycles. The molecule has 0 aliphatic carbocycles. The van der Waals surface area contributed by atoms with Crippen LogP contribution in [0.2, 0.25) is 0 Å². The lowest BCUT2D eigenvalue weighted by Gasteiger charge is -2.10. The number of alkyl halides is 3. The zero-order valence-electron chi connectivity index (χ0n) is 5.77. The highest BCUT2D eigenvalue weighted by Gasteiger charge is 2.33. The summed E-state index contributed by atoms with van der Waals surface area (Å²) in [5.74, 6) is -1.03. The predicted molar refractivity (Wildman–Crippen MR) is 30.7 cm³/mol. The Morgan fingerprint density at radius 2 is 2.09 bits per heavy atom. The predicted octanol–water partition coefficient (Wildman–Crippen LogP) is 0.0457. The van der Waals surface area contributed by atoms with Gasteiger partial charge < -0.3 is 10.4 Å². The molecule has 66 valence electrons. The van der Waals surface area contributed by atoms with Gasteiger partial charge in [-0.15, -0.1) is 0 Å². The van der Waals surface area contributed by atoms with Gasteiger partial charge >= 0.3 is 6.18 Å². The Morgan fingerprint density at radius 3 is 2.36 bits per heavy atom. The molecular weight excluding hydrogens is 163 g/mol. The van der Waals surface area contributed by atoms with E-state index in [1.807, 2.05) is 5.32 Å². The van der Waals surface area contributed by atoms with Crippen LogP contribution in [0, 0.1) is 0 Å². The van der Waals surface area contributed by atoms with Crippen molar-refractivity contribution in [2.45, 2.75) is 18.7 Å². The lowest BCUT2D eigenvalue weighted by atomic mass is 10.2. The van der Waals surface area contributed by atoms with E-state index in [0.29, 0.717) is 0 Å². The van der Waals surface area contributed by atoms with Crippen LogP contribution in [0.1, 0.15) is 6.42 Å². The zero-order chi connectivity index (χ0) is 9.07. The highest BCUT2D eigenvalue weighted by molar-refractivity contribution is 5.80. The minimum Gasteiger partial charge on any atom is -0.383 e. The molecule has 0 aliphatic rings. The van der Waals surface area contributed by atoms with Gasteiger partial charge in [0, 0.05) is 7.05 Å². The normalized spacial score (nSPS) is 14.3. The molecule has 11 heavy (non-hydrogen) atoms. The fraction of sp³-hybridized carbons (Fsp3) is 0.800. The highest BCUT2D eigenvalue weighted by atomic mass is 19.4. The van der Waals surface area contributed by atoms with Crippen molar-refractivity contribution < 1.29 is 23.1 Å². The molecule has 0 saturated carbocycles. The standard InChI is InChI=1S/C5H8F3NO2/c1-9-4(11)3(10)2-5(6,7)8/h3,10H,2H2,1H3,(H,9,11). The van der Waals surface area contributed by atoms with Gasteiger partial charge in [-0.3, -0.25) is 4.79 Å². The third-order valence-corrected chi connectivity index (χ3v) is 0.974. The van der Waals surface area contributed by atoms with Crippen LogP contribution < -0.4 is 5.32 Å². The van der Waals surface area contributed by atoms with E-state index in [-0.39, 0.29) is 0 Å². The van der Waals surface area contributed by atoms with Crippen molar-refractivity contribution in [3.8, 4) is 0 Å². The number of hydrogen-bond donors (Lipinski definition) is 2. The molecule has 0 aromatic carbocycles. The molecule has 1 amide bonds. The molecule has 1 unspecified atom stereocenters. The molecule has 0 aliphatic heterocycles.